The zero-order valence-electron chi connectivity index (χ0n) is 11.2. The fourth-order valence-corrected chi connectivity index (χ4v) is 2.55. The van der Waals surface area contributed by atoms with Crippen molar-refractivity contribution < 1.29 is 21.6 Å². The van der Waals surface area contributed by atoms with Gasteiger partial charge in [-0.2, -0.15) is 13.2 Å². The van der Waals surface area contributed by atoms with Crippen LogP contribution in [0, 0.1) is 0 Å². The molecule has 0 spiro atoms. The van der Waals surface area contributed by atoms with E-state index in [1.807, 2.05) is 0 Å². The molecule has 0 aliphatic rings. The minimum atomic E-state index is -4.53. The van der Waals surface area contributed by atoms with Gasteiger partial charge >= 0.3 is 6.18 Å². The molecule has 0 aliphatic heterocycles. The van der Waals surface area contributed by atoms with Gasteiger partial charge in [0.1, 0.15) is 0 Å². The Labute approximate surface area is 126 Å². The van der Waals surface area contributed by atoms with Crippen LogP contribution in [0.3, 0.4) is 0 Å². The van der Waals surface area contributed by atoms with Crippen LogP contribution in [0.25, 0.3) is 6.08 Å². The molecule has 0 atom stereocenters. The highest BCUT2D eigenvalue weighted by molar-refractivity contribution is 7.95. The van der Waals surface area contributed by atoms with Gasteiger partial charge in [0.15, 0.2) is 0 Å². The Kier molecular flexibility index (Phi) is 4.56. The molecule has 3 nitrogen and oxygen atoms in total. The molecule has 0 radical (unpaired) electrons. The van der Waals surface area contributed by atoms with Gasteiger partial charge in [-0.25, -0.2) is 8.42 Å². The van der Waals surface area contributed by atoms with Crippen LogP contribution in [0.15, 0.2) is 60.0 Å². The smallest absolute Gasteiger partial charge is 0.280 e. The molecule has 0 heterocycles. The summed E-state index contributed by atoms with van der Waals surface area (Å²) in [7, 11) is -3.89. The van der Waals surface area contributed by atoms with Crippen LogP contribution >= 0.6 is 0 Å². The lowest BCUT2D eigenvalue weighted by Crippen LogP contribution is -2.10. The maximum atomic E-state index is 12.6. The number of hydrogen-bond acceptors (Lipinski definition) is 2. The molecule has 7 heteroatoms. The highest BCUT2D eigenvalue weighted by Crippen LogP contribution is 2.30. The van der Waals surface area contributed by atoms with Gasteiger partial charge < -0.3 is 0 Å². The van der Waals surface area contributed by atoms with Crippen molar-refractivity contribution in [1.29, 1.82) is 0 Å². The topological polar surface area (TPSA) is 46.2 Å². The second-order valence-corrected chi connectivity index (χ2v) is 6.01. The van der Waals surface area contributed by atoms with Crippen molar-refractivity contribution in [2.75, 3.05) is 4.72 Å². The quantitative estimate of drug-likeness (QED) is 0.918. The van der Waals surface area contributed by atoms with Crippen molar-refractivity contribution in [3.63, 3.8) is 0 Å². The second kappa shape index (κ2) is 6.23. The van der Waals surface area contributed by atoms with Gasteiger partial charge in [0.05, 0.1) is 11.0 Å². The van der Waals surface area contributed by atoms with E-state index in [0.29, 0.717) is 5.56 Å². The summed E-state index contributed by atoms with van der Waals surface area (Å²) in [5, 5.41) is 0.905. The summed E-state index contributed by atoms with van der Waals surface area (Å²) < 4.78 is 63.5. The second-order valence-electron chi connectivity index (χ2n) is 4.44. The van der Waals surface area contributed by atoms with Gasteiger partial charge in [-0.05, 0) is 29.8 Å². The van der Waals surface area contributed by atoms with Crippen LogP contribution in [-0.2, 0) is 16.2 Å². The standard InChI is InChI=1S/C15H12F3NO2S/c16-15(17,18)13-7-4-8-14(11-13)19-22(20,21)10-9-12-5-2-1-3-6-12/h1-11,19H/b10-9+. The van der Waals surface area contributed by atoms with Crippen LogP contribution in [0.2, 0.25) is 0 Å². The summed E-state index contributed by atoms with van der Waals surface area (Å²) in [5.41, 5.74) is -0.399. The van der Waals surface area contributed by atoms with Gasteiger partial charge in [-0.15, -0.1) is 0 Å². The summed E-state index contributed by atoms with van der Waals surface area (Å²) >= 11 is 0. The predicted octanol–water partition coefficient (Wildman–Crippen LogP) is 4.12. The third-order valence-corrected chi connectivity index (χ3v) is 3.70. The van der Waals surface area contributed by atoms with E-state index in [0.717, 1.165) is 23.6 Å². The number of hydrogen-bond donors (Lipinski definition) is 1. The molecule has 0 amide bonds. The summed E-state index contributed by atoms with van der Waals surface area (Å²) in [6.07, 6.45) is -3.17. The largest absolute Gasteiger partial charge is 0.416 e. The van der Waals surface area contributed by atoms with Crippen molar-refractivity contribution in [3.05, 3.63) is 71.1 Å². The molecule has 0 aromatic heterocycles. The summed E-state index contributed by atoms with van der Waals surface area (Å²) in [5.74, 6) is 0. The molecule has 0 unspecified atom stereocenters. The molecular formula is C15H12F3NO2S. The van der Waals surface area contributed by atoms with Gasteiger partial charge in [-0.3, -0.25) is 4.72 Å². The molecule has 2 aromatic rings. The molecule has 1 N–H and O–H groups in total. The van der Waals surface area contributed by atoms with Crippen LogP contribution in [0.5, 0.6) is 0 Å². The summed E-state index contributed by atoms with van der Waals surface area (Å²) in [6, 6.07) is 12.7. The number of rotatable bonds is 4. The molecule has 0 saturated carbocycles. The normalized spacial score (nSPS) is 12.5. The Hall–Kier alpha value is -2.28. The highest BCUT2D eigenvalue weighted by Gasteiger charge is 2.30. The van der Waals surface area contributed by atoms with E-state index in [1.54, 1.807) is 30.3 Å². The Morgan fingerprint density at radius 1 is 0.955 bits per heavy atom. The average molecular weight is 327 g/mol. The number of nitrogens with one attached hydrogen (secondary N) is 1. The molecular weight excluding hydrogens is 315 g/mol. The minimum absolute atomic E-state index is 0.146. The lowest BCUT2D eigenvalue weighted by Gasteiger charge is -2.09. The zero-order valence-corrected chi connectivity index (χ0v) is 12.0. The number of halogens is 3. The van der Waals surface area contributed by atoms with Gasteiger partial charge in [0.2, 0.25) is 0 Å². The zero-order chi connectivity index (χ0) is 16.2. The van der Waals surface area contributed by atoms with E-state index in [4.69, 9.17) is 0 Å². The molecule has 0 bridgehead atoms. The number of anilines is 1. The molecule has 2 aromatic carbocycles. The molecule has 22 heavy (non-hydrogen) atoms. The first-order valence-electron chi connectivity index (χ1n) is 6.19. The van der Waals surface area contributed by atoms with E-state index in [-0.39, 0.29) is 5.69 Å². The maximum Gasteiger partial charge on any atom is 0.416 e. The average Bonchev–Trinajstić information content (AvgIpc) is 2.45. The van der Waals surface area contributed by atoms with Crippen molar-refractivity contribution in [2.45, 2.75) is 6.18 Å². The molecule has 0 fully saturated rings. The van der Waals surface area contributed by atoms with Gasteiger partial charge in [-0.1, -0.05) is 36.4 Å². The van der Waals surface area contributed by atoms with E-state index in [2.05, 4.69) is 4.72 Å². The number of sulfonamides is 1. The van der Waals surface area contributed by atoms with Crippen molar-refractivity contribution in [3.8, 4) is 0 Å². The fourth-order valence-electron chi connectivity index (χ4n) is 1.69. The first-order valence-corrected chi connectivity index (χ1v) is 7.74. The van der Waals surface area contributed by atoms with Crippen LogP contribution in [0.1, 0.15) is 11.1 Å². The Morgan fingerprint density at radius 3 is 2.27 bits per heavy atom. The number of benzene rings is 2. The fraction of sp³-hybridized carbons (Fsp3) is 0.0667. The lowest BCUT2D eigenvalue weighted by molar-refractivity contribution is -0.137. The van der Waals surface area contributed by atoms with Crippen molar-refractivity contribution >= 4 is 21.8 Å². The maximum absolute atomic E-state index is 12.6. The van der Waals surface area contributed by atoms with Crippen LogP contribution in [-0.4, -0.2) is 8.42 Å². The van der Waals surface area contributed by atoms with E-state index >= 15 is 0 Å². The first-order chi connectivity index (χ1) is 10.3. The Morgan fingerprint density at radius 2 is 1.64 bits per heavy atom. The lowest BCUT2D eigenvalue weighted by atomic mass is 10.2. The molecule has 2 rings (SSSR count). The van der Waals surface area contributed by atoms with Gasteiger partial charge in [0, 0.05) is 5.69 Å². The van der Waals surface area contributed by atoms with Crippen LogP contribution < -0.4 is 4.72 Å². The highest BCUT2D eigenvalue weighted by atomic mass is 32.2. The minimum Gasteiger partial charge on any atom is -0.280 e. The van der Waals surface area contributed by atoms with Crippen molar-refractivity contribution in [1.82, 2.24) is 0 Å². The molecule has 116 valence electrons. The van der Waals surface area contributed by atoms with Gasteiger partial charge in [0.25, 0.3) is 10.0 Å². The SMILES string of the molecule is O=S(=O)(/C=C/c1ccccc1)Nc1cccc(C(F)(F)F)c1. The molecule has 0 saturated heterocycles. The van der Waals surface area contributed by atoms with E-state index in [9.17, 15) is 21.6 Å². The summed E-state index contributed by atoms with van der Waals surface area (Å²) in [4.78, 5) is 0. The van der Waals surface area contributed by atoms with E-state index in [1.165, 1.54) is 12.1 Å². The summed E-state index contributed by atoms with van der Waals surface area (Å²) in [6.45, 7) is 0. The third kappa shape index (κ3) is 4.63. The van der Waals surface area contributed by atoms with E-state index < -0.39 is 21.8 Å². The molecule has 0 aliphatic carbocycles. The Balaban J connectivity index is 2.17. The predicted molar refractivity (Wildman–Crippen MR) is 79.5 cm³/mol. The first kappa shape index (κ1) is 16.1. The third-order valence-electron chi connectivity index (χ3n) is 2.69. The van der Waals surface area contributed by atoms with Crippen LogP contribution in [0.4, 0.5) is 18.9 Å². The van der Waals surface area contributed by atoms with Crippen molar-refractivity contribution in [2.24, 2.45) is 0 Å². The monoisotopic (exact) mass is 327 g/mol. The Bertz CT molecular complexity index is 769. The number of alkyl halides is 3.